The van der Waals surface area contributed by atoms with Gasteiger partial charge in [0.05, 0.1) is 11.4 Å². The number of nitrogens with zero attached hydrogens (tertiary/aromatic N) is 2. The summed E-state index contributed by atoms with van der Waals surface area (Å²) in [6.07, 6.45) is 0. The van der Waals surface area contributed by atoms with E-state index >= 15 is 0 Å². The monoisotopic (exact) mass is 301 g/mol. The van der Waals surface area contributed by atoms with Crippen LogP contribution in [0.5, 0.6) is 0 Å². The van der Waals surface area contributed by atoms with E-state index in [9.17, 15) is 12.8 Å². The number of halogens is 1. The highest BCUT2D eigenvalue weighted by Gasteiger charge is 2.29. The molecule has 1 aromatic rings. The molecular formula is C13H20FN3O2S. The Labute approximate surface area is 119 Å². The molecule has 0 saturated carbocycles. The third-order valence-electron chi connectivity index (χ3n) is 3.34. The minimum absolute atomic E-state index is 0.160. The Morgan fingerprint density at radius 3 is 2.40 bits per heavy atom. The number of alkyl halides is 1. The van der Waals surface area contributed by atoms with Gasteiger partial charge >= 0.3 is 0 Å². The van der Waals surface area contributed by atoms with Crippen molar-refractivity contribution in [2.45, 2.75) is 31.3 Å². The van der Waals surface area contributed by atoms with Gasteiger partial charge in [-0.2, -0.15) is 4.31 Å². The number of hydrogen-bond donors (Lipinski definition) is 1. The predicted molar refractivity (Wildman–Crippen MR) is 74.7 cm³/mol. The molecule has 1 aliphatic rings. The number of pyridine rings is 1. The van der Waals surface area contributed by atoms with Crippen LogP contribution in [-0.4, -0.2) is 43.9 Å². The van der Waals surface area contributed by atoms with E-state index in [4.69, 9.17) is 0 Å². The van der Waals surface area contributed by atoms with Crippen LogP contribution in [0.1, 0.15) is 25.2 Å². The normalized spacial score (nSPS) is 18.2. The SMILES string of the molecule is Cc1nc(C(C)(C)F)ccc1S(=O)(=O)N1CCNCC1. The van der Waals surface area contributed by atoms with Gasteiger partial charge in [-0.1, -0.05) is 0 Å². The first kappa shape index (κ1) is 15.3. The van der Waals surface area contributed by atoms with Crippen LogP contribution < -0.4 is 5.32 Å². The van der Waals surface area contributed by atoms with Gasteiger partial charge in [0.15, 0.2) is 0 Å². The van der Waals surface area contributed by atoms with Crippen molar-refractivity contribution in [3.05, 3.63) is 23.5 Å². The second-order valence-electron chi connectivity index (χ2n) is 5.41. The summed E-state index contributed by atoms with van der Waals surface area (Å²) in [7, 11) is -3.55. The lowest BCUT2D eigenvalue weighted by atomic mass is 10.1. The van der Waals surface area contributed by atoms with E-state index in [-0.39, 0.29) is 10.6 Å². The molecule has 1 aliphatic heterocycles. The van der Waals surface area contributed by atoms with Crippen molar-refractivity contribution < 1.29 is 12.8 Å². The Bertz CT molecular complexity index is 590. The maximum Gasteiger partial charge on any atom is 0.244 e. The van der Waals surface area contributed by atoms with Crippen molar-refractivity contribution >= 4 is 10.0 Å². The summed E-state index contributed by atoms with van der Waals surface area (Å²) in [5.41, 5.74) is -0.997. The van der Waals surface area contributed by atoms with Crippen LogP contribution >= 0.6 is 0 Å². The minimum atomic E-state index is -3.55. The van der Waals surface area contributed by atoms with Crippen LogP contribution in [0.15, 0.2) is 17.0 Å². The lowest BCUT2D eigenvalue weighted by molar-refractivity contribution is 0.213. The molecule has 0 spiro atoms. The highest BCUT2D eigenvalue weighted by Crippen LogP contribution is 2.26. The maximum absolute atomic E-state index is 13.9. The van der Waals surface area contributed by atoms with Crippen molar-refractivity contribution in [2.75, 3.05) is 26.2 Å². The van der Waals surface area contributed by atoms with Crippen LogP contribution in [0.25, 0.3) is 0 Å². The summed E-state index contributed by atoms with van der Waals surface area (Å²) in [4.78, 5) is 4.27. The van der Waals surface area contributed by atoms with Crippen LogP contribution in [0.3, 0.4) is 0 Å². The molecule has 0 bridgehead atoms. The van der Waals surface area contributed by atoms with E-state index in [0.29, 0.717) is 31.9 Å². The van der Waals surface area contributed by atoms with Crippen molar-refractivity contribution in [3.8, 4) is 0 Å². The summed E-state index contributed by atoms with van der Waals surface area (Å²) in [5.74, 6) is 0. The molecule has 112 valence electrons. The molecule has 0 aromatic carbocycles. The van der Waals surface area contributed by atoms with Crippen LogP contribution in [0.2, 0.25) is 0 Å². The first-order valence-electron chi connectivity index (χ1n) is 6.61. The Balaban J connectivity index is 2.37. The molecule has 1 saturated heterocycles. The predicted octanol–water partition coefficient (Wildman–Crippen LogP) is 1.19. The van der Waals surface area contributed by atoms with Gasteiger partial charge in [-0.25, -0.2) is 12.8 Å². The number of piperazine rings is 1. The van der Waals surface area contributed by atoms with Gasteiger partial charge in [0.1, 0.15) is 10.6 Å². The van der Waals surface area contributed by atoms with Crippen molar-refractivity contribution in [1.82, 2.24) is 14.6 Å². The van der Waals surface area contributed by atoms with Gasteiger partial charge in [-0.15, -0.1) is 0 Å². The van der Waals surface area contributed by atoms with E-state index in [1.165, 1.54) is 30.3 Å². The molecule has 0 atom stereocenters. The molecule has 5 nitrogen and oxygen atoms in total. The van der Waals surface area contributed by atoms with Crippen molar-refractivity contribution in [3.63, 3.8) is 0 Å². The summed E-state index contributed by atoms with van der Waals surface area (Å²) in [5, 5.41) is 3.11. The first-order chi connectivity index (χ1) is 9.23. The van der Waals surface area contributed by atoms with Gasteiger partial charge in [0.2, 0.25) is 10.0 Å². The topological polar surface area (TPSA) is 62.3 Å². The molecular weight excluding hydrogens is 281 g/mol. The maximum atomic E-state index is 13.9. The van der Waals surface area contributed by atoms with E-state index in [2.05, 4.69) is 10.3 Å². The lowest BCUT2D eigenvalue weighted by Crippen LogP contribution is -2.46. The fourth-order valence-corrected chi connectivity index (χ4v) is 3.78. The van der Waals surface area contributed by atoms with Gasteiger partial charge in [-0.3, -0.25) is 4.98 Å². The lowest BCUT2D eigenvalue weighted by Gasteiger charge is -2.27. The molecule has 20 heavy (non-hydrogen) atoms. The fourth-order valence-electron chi connectivity index (χ4n) is 2.18. The van der Waals surface area contributed by atoms with Crippen molar-refractivity contribution in [2.24, 2.45) is 0 Å². The van der Waals surface area contributed by atoms with E-state index < -0.39 is 15.7 Å². The Hall–Kier alpha value is -1.05. The molecule has 0 aliphatic carbocycles. The number of sulfonamides is 1. The van der Waals surface area contributed by atoms with Crippen LogP contribution in [0.4, 0.5) is 4.39 Å². The highest BCUT2D eigenvalue weighted by molar-refractivity contribution is 7.89. The van der Waals surface area contributed by atoms with E-state index in [0.717, 1.165) is 0 Å². The zero-order chi connectivity index (χ0) is 15.0. The quantitative estimate of drug-likeness (QED) is 0.911. The molecule has 1 N–H and O–H groups in total. The van der Waals surface area contributed by atoms with Gasteiger partial charge in [0, 0.05) is 26.2 Å². The molecule has 0 amide bonds. The standard InChI is InChI=1S/C13H20FN3O2S/c1-10-11(4-5-12(16-10)13(2,3)14)20(18,19)17-8-6-15-7-9-17/h4-5,15H,6-9H2,1-3H3. The van der Waals surface area contributed by atoms with Crippen molar-refractivity contribution in [1.29, 1.82) is 0 Å². The first-order valence-corrected chi connectivity index (χ1v) is 8.05. The molecule has 2 heterocycles. The minimum Gasteiger partial charge on any atom is -0.314 e. The second kappa shape index (κ2) is 5.38. The smallest absolute Gasteiger partial charge is 0.244 e. The zero-order valence-electron chi connectivity index (χ0n) is 12.0. The zero-order valence-corrected chi connectivity index (χ0v) is 12.8. The summed E-state index contributed by atoms with van der Waals surface area (Å²) in [6.45, 7) is 6.57. The Morgan fingerprint density at radius 1 is 1.30 bits per heavy atom. The van der Waals surface area contributed by atoms with Crippen LogP contribution in [-0.2, 0) is 15.7 Å². The van der Waals surface area contributed by atoms with Gasteiger partial charge in [-0.05, 0) is 32.9 Å². The molecule has 1 fully saturated rings. The Morgan fingerprint density at radius 2 is 1.90 bits per heavy atom. The molecule has 1 aromatic heterocycles. The number of aromatic nitrogens is 1. The number of rotatable bonds is 3. The van der Waals surface area contributed by atoms with Gasteiger partial charge in [0.25, 0.3) is 0 Å². The molecule has 2 rings (SSSR count). The molecule has 7 heteroatoms. The van der Waals surface area contributed by atoms with Gasteiger partial charge < -0.3 is 5.32 Å². The average molecular weight is 301 g/mol. The summed E-state index contributed by atoms with van der Waals surface area (Å²) in [6, 6.07) is 2.90. The Kier molecular flexibility index (Phi) is 4.13. The van der Waals surface area contributed by atoms with Crippen LogP contribution in [0, 0.1) is 6.92 Å². The highest BCUT2D eigenvalue weighted by atomic mass is 32.2. The second-order valence-corrected chi connectivity index (χ2v) is 7.31. The molecule has 0 unspecified atom stereocenters. The number of nitrogens with one attached hydrogen (secondary N) is 1. The number of hydrogen-bond acceptors (Lipinski definition) is 4. The van der Waals surface area contributed by atoms with E-state index in [1.54, 1.807) is 6.92 Å². The van der Waals surface area contributed by atoms with E-state index in [1.807, 2.05) is 0 Å². The molecule has 0 radical (unpaired) electrons. The third kappa shape index (κ3) is 2.99. The third-order valence-corrected chi connectivity index (χ3v) is 5.37. The summed E-state index contributed by atoms with van der Waals surface area (Å²) >= 11 is 0. The average Bonchev–Trinajstić information content (AvgIpc) is 2.38. The number of aryl methyl sites for hydroxylation is 1. The fraction of sp³-hybridized carbons (Fsp3) is 0.615. The largest absolute Gasteiger partial charge is 0.314 e. The summed E-state index contributed by atoms with van der Waals surface area (Å²) < 4.78 is 40.4.